The van der Waals surface area contributed by atoms with Crippen molar-refractivity contribution in [2.75, 3.05) is 13.2 Å². The van der Waals surface area contributed by atoms with Gasteiger partial charge < -0.3 is 89.4 Å². The van der Waals surface area contributed by atoms with E-state index < -0.39 is 184 Å². The number of hydrogen-bond donors (Lipinski definition) is 14. The molecule has 20 atom stereocenters. The van der Waals surface area contributed by atoms with E-state index in [0.717, 1.165) is 6.92 Å². The van der Waals surface area contributed by atoms with Gasteiger partial charge in [0, 0.05) is 11.3 Å². The van der Waals surface area contributed by atoms with Crippen molar-refractivity contribution in [2.45, 2.75) is 124 Å². The van der Waals surface area contributed by atoms with Crippen molar-refractivity contribution in [3.05, 3.63) is 0 Å². The number of nitrogens with two attached hydrogens (primary N) is 1. The van der Waals surface area contributed by atoms with Gasteiger partial charge in [0.25, 0.3) is 0 Å². The SMILES string of the molecule is C[C@H](OC1OC(C(=O)O)C(OC2OC(COS(=O)(=O)O)C(OC3OC(C(=O)O)C(O)C(O)C3OS(=O)(=O)O)C(O)C2N)C(O)C1O)C(COS(=O)(=O)O)OC(O)[C@H](O)NS(=O)[O-]. The summed E-state index contributed by atoms with van der Waals surface area (Å²) < 4.78 is 168. The maximum atomic E-state index is 12.4. The average Bonchev–Trinajstić information content (AvgIpc) is 3.12. The lowest BCUT2D eigenvalue weighted by Crippen LogP contribution is -2.69. The molecule has 0 amide bonds. The molecule has 0 aromatic rings. The zero-order chi connectivity index (χ0) is 47.4. The number of carboxylic acids is 2. The number of nitrogens with one attached hydrogen (secondary N) is 1. The second kappa shape index (κ2) is 22.0. The molecule has 38 heteroatoms. The fraction of sp³-hybridized carbons (Fsp3) is 0.917. The standard InChI is InChI=1S/C24H42N2O32S4/c1-4(5(2-49-60(40,41)42)52-21(37)18(32)26-59(38)39)51-23-12(31)11(30)14(17(57-23)20(35)36)55-22-7(25)8(27)13(6(53-22)3-50-61(43,44)45)54-24-16(58-62(46,47)48)10(29)9(28)15(56-24)19(33)34/h4-18,21-24,26-32,37H,2-3,25H2,1H3,(H,33,34)(H,35,36)(H,38,39)(H,40,41,42)(H,43,44,45)(H,46,47,48)/p-1/t4-,5?,6?,7?,8?,9?,10?,11?,12?,13?,14?,15?,16?,17?,18-,21?,22?,23?,24?/m0/s1. The smallest absolute Gasteiger partial charge is 0.397 e. The van der Waals surface area contributed by atoms with Gasteiger partial charge in [-0.25, -0.2) is 26.9 Å². The topological polar surface area (TPSA) is 550 Å². The quantitative estimate of drug-likeness (QED) is 0.0272. The molecule has 62 heavy (non-hydrogen) atoms. The Kier molecular flexibility index (Phi) is 19.3. The molecule has 364 valence electrons. The van der Waals surface area contributed by atoms with Gasteiger partial charge in [-0.15, -0.1) is 0 Å². The van der Waals surface area contributed by atoms with Crippen LogP contribution in [0.4, 0.5) is 0 Å². The van der Waals surface area contributed by atoms with E-state index in [2.05, 4.69) is 12.5 Å². The molecule has 15 N–H and O–H groups in total. The van der Waals surface area contributed by atoms with Crippen molar-refractivity contribution in [2.24, 2.45) is 5.73 Å². The minimum atomic E-state index is -5.59. The van der Waals surface area contributed by atoms with Crippen molar-refractivity contribution in [1.82, 2.24) is 4.72 Å². The minimum Gasteiger partial charge on any atom is -0.760 e. The first-order valence-corrected chi connectivity index (χ1v) is 21.8. The zero-order valence-corrected chi connectivity index (χ0v) is 33.9. The largest absolute Gasteiger partial charge is 0.760 e. The monoisotopic (exact) mass is 997 g/mol. The third-order valence-corrected chi connectivity index (χ3v) is 10.3. The molecular formula is C24H41N2O32S4-. The molecule has 3 fully saturated rings. The third-order valence-electron chi connectivity index (χ3n) is 8.55. The van der Waals surface area contributed by atoms with Crippen molar-refractivity contribution in [3.63, 3.8) is 0 Å². The average molecular weight is 998 g/mol. The van der Waals surface area contributed by atoms with Gasteiger partial charge in [-0.05, 0) is 6.92 Å². The highest BCUT2D eigenvalue weighted by Gasteiger charge is 2.56. The summed E-state index contributed by atoms with van der Waals surface area (Å²) in [7, 11) is -16.3. The number of aliphatic hydroxyl groups excluding tert-OH is 7. The van der Waals surface area contributed by atoms with Crippen LogP contribution in [-0.4, -0.2) is 236 Å². The molecule has 0 aliphatic carbocycles. The van der Waals surface area contributed by atoms with Crippen molar-refractivity contribution < 1.29 is 149 Å². The molecule has 3 aliphatic heterocycles. The summed E-state index contributed by atoms with van der Waals surface area (Å²) in [6.45, 7) is -1.79. The lowest BCUT2D eigenvalue weighted by molar-refractivity contribution is -0.362. The highest BCUT2D eigenvalue weighted by atomic mass is 32.3. The summed E-state index contributed by atoms with van der Waals surface area (Å²) in [5, 5.41) is 92.9. The number of hydrogen-bond acceptors (Lipinski definition) is 28. The van der Waals surface area contributed by atoms with E-state index in [0.29, 0.717) is 0 Å². The van der Waals surface area contributed by atoms with E-state index in [-0.39, 0.29) is 0 Å². The summed E-state index contributed by atoms with van der Waals surface area (Å²) in [4.78, 5) is 24.0. The van der Waals surface area contributed by atoms with Gasteiger partial charge in [0.15, 0.2) is 49.7 Å². The number of rotatable bonds is 22. The van der Waals surface area contributed by atoms with Crippen LogP contribution in [0.2, 0.25) is 0 Å². The van der Waals surface area contributed by atoms with Gasteiger partial charge in [-0.1, -0.05) is 0 Å². The molecule has 3 aliphatic rings. The van der Waals surface area contributed by atoms with Crippen LogP contribution in [-0.2, 0) is 97.8 Å². The summed E-state index contributed by atoms with van der Waals surface area (Å²) in [6.07, 6.45) is -42.5. The van der Waals surface area contributed by atoms with Crippen LogP contribution in [0, 0.1) is 0 Å². The fourth-order valence-corrected chi connectivity index (χ4v) is 7.08. The lowest BCUT2D eigenvalue weighted by atomic mass is 9.95. The van der Waals surface area contributed by atoms with Gasteiger partial charge in [-0.3, -0.25) is 17.9 Å². The molecule has 0 spiro atoms. The number of aliphatic hydroxyl groups is 7. The number of carbonyl (C=O) groups is 2. The van der Waals surface area contributed by atoms with E-state index in [9.17, 15) is 98.7 Å². The van der Waals surface area contributed by atoms with E-state index >= 15 is 0 Å². The zero-order valence-electron chi connectivity index (χ0n) is 30.6. The van der Waals surface area contributed by atoms with Crippen LogP contribution in [0.1, 0.15) is 6.92 Å². The van der Waals surface area contributed by atoms with E-state index in [4.69, 9.17) is 43.4 Å². The molecule has 34 nitrogen and oxygen atoms in total. The molecule has 18 unspecified atom stereocenters. The molecule has 0 bridgehead atoms. The number of aliphatic carboxylic acids is 2. The third kappa shape index (κ3) is 15.3. The second-order valence-electron chi connectivity index (χ2n) is 12.9. The fourth-order valence-electron chi connectivity index (χ4n) is 5.67. The first-order chi connectivity index (χ1) is 28.3. The van der Waals surface area contributed by atoms with E-state index in [1.807, 2.05) is 0 Å². The molecular weight excluding hydrogens is 957 g/mol. The van der Waals surface area contributed by atoms with Crippen molar-refractivity contribution in [1.29, 1.82) is 0 Å². The van der Waals surface area contributed by atoms with E-state index in [1.165, 1.54) is 4.72 Å². The summed E-state index contributed by atoms with van der Waals surface area (Å²) in [5.74, 6) is -4.02. The maximum absolute atomic E-state index is 12.4. The highest BCUT2D eigenvalue weighted by molar-refractivity contribution is 7.81. The van der Waals surface area contributed by atoms with Crippen LogP contribution in [0.3, 0.4) is 0 Å². The lowest BCUT2D eigenvalue weighted by Gasteiger charge is -2.48. The number of ether oxygens (including phenoxy) is 7. The van der Waals surface area contributed by atoms with Crippen LogP contribution in [0.15, 0.2) is 0 Å². The van der Waals surface area contributed by atoms with Gasteiger partial charge >= 0.3 is 43.1 Å². The van der Waals surface area contributed by atoms with Crippen LogP contribution in [0.25, 0.3) is 0 Å². The Hall–Kier alpha value is -1.98. The predicted molar refractivity (Wildman–Crippen MR) is 180 cm³/mol. The number of carboxylic acid groups (broad SMARTS) is 2. The molecule has 3 rings (SSSR count). The van der Waals surface area contributed by atoms with Crippen LogP contribution in [0.5, 0.6) is 0 Å². The Morgan fingerprint density at radius 2 is 1.27 bits per heavy atom. The van der Waals surface area contributed by atoms with E-state index in [1.54, 1.807) is 0 Å². The van der Waals surface area contributed by atoms with Gasteiger partial charge in [0.2, 0.25) is 0 Å². The van der Waals surface area contributed by atoms with Crippen molar-refractivity contribution in [3.8, 4) is 0 Å². The molecule has 3 heterocycles. The van der Waals surface area contributed by atoms with Crippen LogP contribution >= 0.6 is 0 Å². The molecule has 0 radical (unpaired) electrons. The highest BCUT2D eigenvalue weighted by Crippen LogP contribution is 2.34. The van der Waals surface area contributed by atoms with Gasteiger partial charge in [0.1, 0.15) is 54.9 Å². The first-order valence-electron chi connectivity index (χ1n) is 16.6. The Balaban J connectivity index is 1.89. The second-order valence-corrected chi connectivity index (χ2v) is 16.9. The minimum absolute atomic E-state index is 0.945. The molecule has 3 saturated heterocycles. The molecule has 0 aromatic heterocycles. The Morgan fingerprint density at radius 1 is 0.742 bits per heavy atom. The van der Waals surface area contributed by atoms with Crippen molar-refractivity contribution >= 4 is 54.4 Å². The summed E-state index contributed by atoms with van der Waals surface area (Å²) in [6, 6.07) is -2.10. The Morgan fingerprint density at radius 3 is 1.79 bits per heavy atom. The van der Waals surface area contributed by atoms with Crippen LogP contribution < -0.4 is 10.5 Å². The van der Waals surface area contributed by atoms with Gasteiger partial charge in [-0.2, -0.15) is 25.3 Å². The summed E-state index contributed by atoms with van der Waals surface area (Å²) in [5.41, 5.74) is 6.02. The normalized spacial score (nSPS) is 37.5. The Labute approximate surface area is 350 Å². The maximum Gasteiger partial charge on any atom is 0.397 e. The first kappa shape index (κ1) is 54.4. The predicted octanol–water partition coefficient (Wildman–Crippen LogP) is -10.1. The molecule has 0 aromatic carbocycles. The van der Waals surface area contributed by atoms with Gasteiger partial charge in [0.05, 0.1) is 25.4 Å². The molecule has 0 saturated carbocycles. The Bertz CT molecular complexity index is 1880. The summed E-state index contributed by atoms with van der Waals surface area (Å²) >= 11 is -3.20.